The maximum atomic E-state index is 12.2. The largest absolute Gasteiger partial charge is 0.493 e. The Bertz CT molecular complexity index is 983. The third-order valence-corrected chi connectivity index (χ3v) is 6.20. The van der Waals surface area contributed by atoms with E-state index in [9.17, 15) is 4.79 Å². The molecule has 0 atom stereocenters. The summed E-state index contributed by atoms with van der Waals surface area (Å²) in [5.41, 5.74) is 3.21. The van der Waals surface area contributed by atoms with Crippen LogP contribution >= 0.6 is 23.2 Å². The minimum absolute atomic E-state index is 0.153. The number of hydrogen-bond donors (Lipinski definition) is 0. The summed E-state index contributed by atoms with van der Waals surface area (Å²) in [6.45, 7) is 1.82. The molecule has 0 N–H and O–H groups in total. The van der Waals surface area contributed by atoms with Crippen molar-refractivity contribution >= 4 is 34.8 Å². The quantitative estimate of drug-likeness (QED) is 0.644. The molecule has 0 bridgehead atoms. The fourth-order valence-electron chi connectivity index (χ4n) is 3.97. The van der Waals surface area contributed by atoms with Crippen molar-refractivity contribution in [2.75, 3.05) is 7.11 Å². The third-order valence-electron chi connectivity index (χ3n) is 5.55. The molecule has 8 heteroatoms. The van der Waals surface area contributed by atoms with Crippen LogP contribution < -0.4 is 9.47 Å². The van der Waals surface area contributed by atoms with Crippen LogP contribution in [0, 0.1) is 0 Å². The maximum Gasteiger partial charge on any atom is 0.239 e. The molecule has 0 radical (unpaired) electrons. The van der Waals surface area contributed by atoms with E-state index in [4.69, 9.17) is 32.7 Å². The fourth-order valence-corrected chi connectivity index (χ4v) is 4.47. The van der Waals surface area contributed by atoms with Crippen molar-refractivity contribution in [3.05, 3.63) is 51.3 Å². The van der Waals surface area contributed by atoms with Crippen LogP contribution in [0.25, 0.3) is 0 Å². The standard InChI is InChI=1S/C22H23Cl2N3O3/c1-13(28)27-12-17-15(20(26-27)9-16-18(23)10-25-11-19(16)24)7-8-21(29-2)22(17)30-14-5-3-4-6-14/h7-8,10-11,14H,3-6,9,12H2,1-2H3. The van der Waals surface area contributed by atoms with Gasteiger partial charge >= 0.3 is 0 Å². The molecular formula is C22H23Cl2N3O3. The van der Waals surface area contributed by atoms with Crippen molar-refractivity contribution in [1.82, 2.24) is 9.99 Å². The number of fused-ring (bicyclic) bond motifs is 1. The summed E-state index contributed by atoms with van der Waals surface area (Å²) in [5.74, 6) is 1.19. The smallest absolute Gasteiger partial charge is 0.239 e. The molecule has 0 unspecified atom stereocenters. The van der Waals surface area contributed by atoms with Gasteiger partial charge in [-0.15, -0.1) is 0 Å². The topological polar surface area (TPSA) is 64.0 Å². The van der Waals surface area contributed by atoms with Crippen molar-refractivity contribution in [2.24, 2.45) is 5.10 Å². The van der Waals surface area contributed by atoms with E-state index in [0.717, 1.165) is 42.4 Å². The van der Waals surface area contributed by atoms with Crippen molar-refractivity contribution < 1.29 is 14.3 Å². The molecule has 158 valence electrons. The van der Waals surface area contributed by atoms with Gasteiger partial charge in [0.25, 0.3) is 0 Å². The van der Waals surface area contributed by atoms with Crippen LogP contribution in [0.15, 0.2) is 29.6 Å². The first-order chi connectivity index (χ1) is 14.5. The zero-order valence-electron chi connectivity index (χ0n) is 17.0. The van der Waals surface area contributed by atoms with E-state index < -0.39 is 0 Å². The van der Waals surface area contributed by atoms with E-state index in [1.54, 1.807) is 19.5 Å². The van der Waals surface area contributed by atoms with Crippen LogP contribution in [0.5, 0.6) is 11.5 Å². The Hall–Kier alpha value is -2.31. The lowest BCUT2D eigenvalue weighted by Gasteiger charge is -2.29. The van der Waals surface area contributed by atoms with Gasteiger partial charge in [-0.05, 0) is 43.4 Å². The van der Waals surface area contributed by atoms with Gasteiger partial charge in [0.1, 0.15) is 0 Å². The summed E-state index contributed by atoms with van der Waals surface area (Å²) >= 11 is 12.7. The number of amides is 1. The second-order valence-corrected chi connectivity index (χ2v) is 8.34. The first-order valence-corrected chi connectivity index (χ1v) is 10.7. The lowest BCUT2D eigenvalue weighted by molar-refractivity contribution is -0.129. The molecule has 2 heterocycles. The van der Waals surface area contributed by atoms with Gasteiger partial charge < -0.3 is 9.47 Å². The van der Waals surface area contributed by atoms with Crippen LogP contribution in [-0.4, -0.2) is 34.8 Å². The molecule has 1 aromatic heterocycles. The van der Waals surface area contributed by atoms with Gasteiger partial charge in [-0.25, -0.2) is 5.01 Å². The molecule has 1 aliphatic carbocycles. The number of pyridine rings is 1. The van der Waals surface area contributed by atoms with Crippen LogP contribution in [0.2, 0.25) is 10.0 Å². The van der Waals surface area contributed by atoms with E-state index in [1.807, 2.05) is 12.1 Å². The molecule has 30 heavy (non-hydrogen) atoms. The highest BCUT2D eigenvalue weighted by Gasteiger charge is 2.29. The summed E-state index contributed by atoms with van der Waals surface area (Å²) in [6, 6.07) is 3.84. The normalized spacial score (nSPS) is 16.3. The highest BCUT2D eigenvalue weighted by molar-refractivity contribution is 6.36. The van der Waals surface area contributed by atoms with E-state index >= 15 is 0 Å². The van der Waals surface area contributed by atoms with Gasteiger partial charge in [0, 0.05) is 36.9 Å². The molecule has 6 nitrogen and oxygen atoms in total. The molecular weight excluding hydrogens is 425 g/mol. The summed E-state index contributed by atoms with van der Waals surface area (Å²) in [7, 11) is 1.63. The number of methoxy groups -OCH3 is 1. The Morgan fingerprint density at radius 3 is 2.53 bits per heavy atom. The SMILES string of the molecule is COc1ccc2c(c1OC1CCCC1)CN(C(C)=O)N=C2Cc1c(Cl)cncc1Cl. The minimum Gasteiger partial charge on any atom is -0.493 e. The molecule has 4 rings (SSSR count). The Balaban J connectivity index is 1.79. The second kappa shape index (κ2) is 8.82. The molecule has 1 amide bonds. The maximum absolute atomic E-state index is 12.2. The van der Waals surface area contributed by atoms with Crippen molar-refractivity contribution in [3.63, 3.8) is 0 Å². The van der Waals surface area contributed by atoms with Crippen LogP contribution in [-0.2, 0) is 17.8 Å². The lowest BCUT2D eigenvalue weighted by Crippen LogP contribution is -2.31. The average Bonchev–Trinajstić information content (AvgIpc) is 3.24. The van der Waals surface area contributed by atoms with Gasteiger partial charge in [0.05, 0.1) is 35.5 Å². The molecule has 2 aliphatic rings. The highest BCUT2D eigenvalue weighted by Crippen LogP contribution is 2.40. The summed E-state index contributed by atoms with van der Waals surface area (Å²) in [6.07, 6.45) is 7.99. The first-order valence-electron chi connectivity index (χ1n) is 9.98. The molecule has 1 aromatic carbocycles. The lowest BCUT2D eigenvalue weighted by atomic mass is 9.95. The van der Waals surface area contributed by atoms with Crippen molar-refractivity contribution in [2.45, 2.75) is 51.7 Å². The van der Waals surface area contributed by atoms with Gasteiger partial charge in [-0.3, -0.25) is 9.78 Å². The number of ether oxygens (including phenoxy) is 2. The number of hydrazone groups is 1. The number of aromatic nitrogens is 1. The monoisotopic (exact) mass is 447 g/mol. The van der Waals surface area contributed by atoms with E-state index in [-0.39, 0.29) is 12.0 Å². The highest BCUT2D eigenvalue weighted by atomic mass is 35.5. The second-order valence-electron chi connectivity index (χ2n) is 7.53. The molecule has 1 fully saturated rings. The zero-order chi connectivity index (χ0) is 21.3. The number of hydrogen-bond acceptors (Lipinski definition) is 5. The molecule has 2 aromatic rings. The molecule has 0 spiro atoms. The van der Waals surface area contributed by atoms with Crippen LogP contribution in [0.1, 0.15) is 49.3 Å². The van der Waals surface area contributed by atoms with Gasteiger partial charge in [-0.2, -0.15) is 5.10 Å². The molecule has 1 aliphatic heterocycles. The number of nitrogens with zero attached hydrogens (tertiary/aromatic N) is 3. The number of benzene rings is 1. The van der Waals surface area contributed by atoms with E-state index in [0.29, 0.717) is 40.2 Å². The fraction of sp³-hybridized carbons (Fsp3) is 0.409. The first kappa shape index (κ1) is 20.9. The zero-order valence-corrected chi connectivity index (χ0v) is 18.5. The number of rotatable bonds is 5. The summed E-state index contributed by atoms with van der Waals surface area (Å²) in [4.78, 5) is 16.2. The minimum atomic E-state index is -0.153. The van der Waals surface area contributed by atoms with Gasteiger partial charge in [0.15, 0.2) is 11.5 Å². The Morgan fingerprint density at radius 1 is 1.20 bits per heavy atom. The van der Waals surface area contributed by atoms with Crippen molar-refractivity contribution in [1.29, 1.82) is 0 Å². The van der Waals surface area contributed by atoms with E-state index in [1.165, 1.54) is 11.9 Å². The van der Waals surface area contributed by atoms with Crippen molar-refractivity contribution in [3.8, 4) is 11.5 Å². The summed E-state index contributed by atoms with van der Waals surface area (Å²) < 4.78 is 12.0. The predicted octanol–water partition coefficient (Wildman–Crippen LogP) is 5.03. The molecule has 0 saturated heterocycles. The number of carbonyl (C=O) groups excluding carboxylic acids is 1. The Labute approximate surface area is 185 Å². The number of halogens is 2. The Kier molecular flexibility index (Phi) is 6.16. The van der Waals surface area contributed by atoms with Gasteiger partial charge in [-0.1, -0.05) is 23.2 Å². The molecule has 1 saturated carbocycles. The number of carbonyl (C=O) groups is 1. The van der Waals surface area contributed by atoms with Crippen LogP contribution in [0.4, 0.5) is 0 Å². The third kappa shape index (κ3) is 4.12. The average molecular weight is 448 g/mol. The summed E-state index contributed by atoms with van der Waals surface area (Å²) in [5, 5.41) is 6.96. The van der Waals surface area contributed by atoms with Crippen LogP contribution in [0.3, 0.4) is 0 Å². The van der Waals surface area contributed by atoms with Gasteiger partial charge in [0.2, 0.25) is 5.91 Å². The van der Waals surface area contributed by atoms with E-state index in [2.05, 4.69) is 10.1 Å². The predicted molar refractivity (Wildman–Crippen MR) is 117 cm³/mol. The Morgan fingerprint density at radius 2 is 1.90 bits per heavy atom.